The number of ether oxygens (including phenoxy) is 1. The normalized spacial score (nSPS) is 12.1. The Morgan fingerprint density at radius 1 is 1.08 bits per heavy atom. The zero-order chi connectivity index (χ0) is 18.4. The first-order valence-electron chi connectivity index (χ1n) is 8.70. The Balaban J connectivity index is 1.64. The summed E-state index contributed by atoms with van der Waals surface area (Å²) in [6.07, 6.45) is 3.34. The van der Waals surface area contributed by atoms with Gasteiger partial charge in [0.1, 0.15) is 0 Å². The molecule has 0 atom stereocenters. The van der Waals surface area contributed by atoms with Crippen LogP contribution >= 0.6 is 0 Å². The highest BCUT2D eigenvalue weighted by Crippen LogP contribution is 2.23. The minimum absolute atomic E-state index is 0.208. The molecule has 5 nitrogen and oxygen atoms in total. The third-order valence-corrected chi connectivity index (χ3v) is 4.48. The maximum atomic E-state index is 12.5. The van der Waals surface area contributed by atoms with Gasteiger partial charge in [0.15, 0.2) is 6.61 Å². The third-order valence-electron chi connectivity index (χ3n) is 4.48. The molecule has 0 saturated carbocycles. The Morgan fingerprint density at radius 2 is 1.85 bits per heavy atom. The molecule has 0 N–H and O–H groups in total. The highest BCUT2D eigenvalue weighted by atomic mass is 16.5. The number of rotatable bonds is 6. The van der Waals surface area contributed by atoms with Gasteiger partial charge in [0, 0.05) is 12.2 Å². The molecular weight excluding hydrogens is 328 g/mol. The van der Waals surface area contributed by atoms with Gasteiger partial charge in [-0.25, -0.2) is 4.79 Å². The second-order valence-electron chi connectivity index (χ2n) is 6.20. The van der Waals surface area contributed by atoms with Crippen molar-refractivity contribution in [3.8, 4) is 6.07 Å². The maximum absolute atomic E-state index is 12.5. The van der Waals surface area contributed by atoms with E-state index in [9.17, 15) is 9.59 Å². The molecule has 0 bridgehead atoms. The summed E-state index contributed by atoms with van der Waals surface area (Å²) in [5.41, 5.74) is 3.62. The van der Waals surface area contributed by atoms with Gasteiger partial charge in [-0.2, -0.15) is 5.26 Å². The number of amides is 1. The van der Waals surface area contributed by atoms with E-state index in [1.54, 1.807) is 18.2 Å². The number of nitriles is 1. The van der Waals surface area contributed by atoms with Gasteiger partial charge in [0.05, 0.1) is 18.1 Å². The Morgan fingerprint density at radius 3 is 2.62 bits per heavy atom. The van der Waals surface area contributed by atoms with Crippen LogP contribution in [0.5, 0.6) is 0 Å². The van der Waals surface area contributed by atoms with Crippen LogP contribution < -0.4 is 4.90 Å². The average Bonchev–Trinajstić information content (AvgIpc) is 3.15. The molecule has 26 heavy (non-hydrogen) atoms. The fourth-order valence-electron chi connectivity index (χ4n) is 3.15. The first-order chi connectivity index (χ1) is 12.7. The molecule has 3 rings (SSSR count). The number of carbonyl (C=O) groups excluding carboxylic acids is 2. The highest BCUT2D eigenvalue weighted by Gasteiger charge is 2.19. The van der Waals surface area contributed by atoms with Crippen LogP contribution in [-0.4, -0.2) is 25.0 Å². The van der Waals surface area contributed by atoms with E-state index in [-0.39, 0.29) is 25.5 Å². The minimum Gasteiger partial charge on any atom is -0.452 e. The molecule has 1 aliphatic rings. The standard InChI is InChI=1S/C21H20N2O3/c22-12-5-13-23(19-8-2-1-3-9-19)20(24)15-26-21(25)18-11-10-16-6-4-7-17(16)14-18/h1-3,8-11,14H,4-7,13,15H2. The van der Waals surface area contributed by atoms with Crippen molar-refractivity contribution in [1.29, 1.82) is 5.26 Å². The summed E-state index contributed by atoms with van der Waals surface area (Å²) in [4.78, 5) is 26.3. The van der Waals surface area contributed by atoms with Gasteiger partial charge in [-0.1, -0.05) is 24.3 Å². The Hall–Kier alpha value is -3.13. The Kier molecular flexibility index (Phi) is 5.65. The smallest absolute Gasteiger partial charge is 0.338 e. The first kappa shape index (κ1) is 17.7. The molecule has 5 heteroatoms. The van der Waals surface area contributed by atoms with Crippen LogP contribution in [-0.2, 0) is 22.4 Å². The molecule has 0 unspecified atom stereocenters. The average molecular weight is 348 g/mol. The lowest BCUT2D eigenvalue weighted by Crippen LogP contribution is -2.35. The second-order valence-corrected chi connectivity index (χ2v) is 6.20. The third kappa shape index (κ3) is 4.09. The molecule has 0 spiro atoms. The van der Waals surface area contributed by atoms with E-state index >= 15 is 0 Å². The van der Waals surface area contributed by atoms with E-state index < -0.39 is 5.97 Å². The number of carbonyl (C=O) groups is 2. The molecule has 0 heterocycles. The number of para-hydroxylation sites is 1. The van der Waals surface area contributed by atoms with Crippen molar-refractivity contribution in [1.82, 2.24) is 0 Å². The Bertz CT molecular complexity index is 840. The van der Waals surface area contributed by atoms with Gasteiger partial charge in [-0.05, 0) is 54.7 Å². The van der Waals surface area contributed by atoms with Crippen molar-refractivity contribution < 1.29 is 14.3 Å². The summed E-state index contributed by atoms with van der Waals surface area (Å²) in [7, 11) is 0. The largest absolute Gasteiger partial charge is 0.452 e. The van der Waals surface area contributed by atoms with E-state index in [4.69, 9.17) is 10.00 Å². The minimum atomic E-state index is -0.499. The summed E-state index contributed by atoms with van der Waals surface area (Å²) in [5.74, 6) is -0.845. The number of aryl methyl sites for hydroxylation is 2. The van der Waals surface area contributed by atoms with Gasteiger partial charge < -0.3 is 9.64 Å². The molecule has 0 radical (unpaired) electrons. The number of fused-ring (bicyclic) bond motifs is 1. The highest BCUT2D eigenvalue weighted by molar-refractivity contribution is 5.97. The van der Waals surface area contributed by atoms with Crippen molar-refractivity contribution >= 4 is 17.6 Å². The number of nitrogens with zero attached hydrogens (tertiary/aromatic N) is 2. The van der Waals surface area contributed by atoms with Crippen molar-refractivity contribution in [3.63, 3.8) is 0 Å². The predicted octanol–water partition coefficient (Wildman–Crippen LogP) is 3.28. The number of esters is 1. The quantitative estimate of drug-likeness (QED) is 0.751. The first-order valence-corrected chi connectivity index (χ1v) is 8.70. The molecule has 0 saturated heterocycles. The molecule has 2 aromatic rings. The van der Waals surface area contributed by atoms with E-state index in [0.717, 1.165) is 19.3 Å². The van der Waals surface area contributed by atoms with Crippen LogP contribution in [0, 0.1) is 11.3 Å². The van der Waals surface area contributed by atoms with Gasteiger partial charge in [0.2, 0.25) is 0 Å². The van der Waals surface area contributed by atoms with Crippen molar-refractivity contribution in [2.24, 2.45) is 0 Å². The molecule has 0 aliphatic heterocycles. The van der Waals surface area contributed by atoms with E-state index in [1.807, 2.05) is 36.4 Å². The number of hydrogen-bond donors (Lipinski definition) is 0. The SMILES string of the molecule is N#CCCN(C(=O)COC(=O)c1ccc2c(c1)CCC2)c1ccccc1. The van der Waals surface area contributed by atoms with Gasteiger partial charge in [-0.3, -0.25) is 4.79 Å². The van der Waals surface area contributed by atoms with E-state index in [2.05, 4.69) is 0 Å². The summed E-state index contributed by atoms with van der Waals surface area (Å²) >= 11 is 0. The van der Waals surface area contributed by atoms with E-state index in [0.29, 0.717) is 11.3 Å². The fourth-order valence-corrected chi connectivity index (χ4v) is 3.15. The zero-order valence-corrected chi connectivity index (χ0v) is 14.5. The fraction of sp³-hybridized carbons (Fsp3) is 0.286. The molecular formula is C21H20N2O3. The van der Waals surface area contributed by atoms with Gasteiger partial charge in [-0.15, -0.1) is 0 Å². The number of anilines is 1. The summed E-state index contributed by atoms with van der Waals surface area (Å²) in [5, 5.41) is 8.81. The summed E-state index contributed by atoms with van der Waals surface area (Å²) < 4.78 is 5.22. The van der Waals surface area contributed by atoms with Gasteiger partial charge in [0.25, 0.3) is 5.91 Å². The lowest BCUT2D eigenvalue weighted by Gasteiger charge is -2.21. The summed E-state index contributed by atoms with van der Waals surface area (Å²) in [6.45, 7) is -0.0913. The maximum Gasteiger partial charge on any atom is 0.338 e. The monoisotopic (exact) mass is 348 g/mol. The van der Waals surface area contributed by atoms with E-state index in [1.165, 1.54) is 16.0 Å². The van der Waals surface area contributed by atoms with Crippen LogP contribution in [0.2, 0.25) is 0 Å². The molecule has 2 aromatic carbocycles. The molecule has 1 aliphatic carbocycles. The molecule has 132 valence electrons. The zero-order valence-electron chi connectivity index (χ0n) is 14.5. The summed E-state index contributed by atoms with van der Waals surface area (Å²) in [6, 6.07) is 16.7. The number of benzene rings is 2. The van der Waals surface area contributed by atoms with Crippen molar-refractivity contribution in [2.75, 3.05) is 18.1 Å². The van der Waals surface area contributed by atoms with Crippen LogP contribution in [0.3, 0.4) is 0 Å². The Labute approximate surface area is 152 Å². The van der Waals surface area contributed by atoms with Crippen LogP contribution in [0.25, 0.3) is 0 Å². The molecule has 0 aromatic heterocycles. The van der Waals surface area contributed by atoms with Crippen molar-refractivity contribution in [2.45, 2.75) is 25.7 Å². The van der Waals surface area contributed by atoms with Crippen molar-refractivity contribution in [3.05, 3.63) is 65.2 Å². The van der Waals surface area contributed by atoms with Crippen LogP contribution in [0.4, 0.5) is 5.69 Å². The molecule has 1 amide bonds. The van der Waals surface area contributed by atoms with Crippen LogP contribution in [0.1, 0.15) is 34.3 Å². The van der Waals surface area contributed by atoms with Gasteiger partial charge >= 0.3 is 5.97 Å². The lowest BCUT2D eigenvalue weighted by atomic mass is 10.1. The molecule has 0 fully saturated rings. The second kappa shape index (κ2) is 8.30. The lowest BCUT2D eigenvalue weighted by molar-refractivity contribution is -0.121. The topological polar surface area (TPSA) is 70.4 Å². The predicted molar refractivity (Wildman–Crippen MR) is 97.8 cm³/mol. The number of hydrogen-bond acceptors (Lipinski definition) is 4. The van der Waals surface area contributed by atoms with Crippen LogP contribution in [0.15, 0.2) is 48.5 Å².